The van der Waals surface area contributed by atoms with Gasteiger partial charge in [-0.25, -0.2) is 5.01 Å². The first-order chi connectivity index (χ1) is 15.8. The molecule has 1 aliphatic heterocycles. The van der Waals surface area contributed by atoms with Crippen molar-refractivity contribution in [2.24, 2.45) is 0 Å². The van der Waals surface area contributed by atoms with Gasteiger partial charge in [-0.3, -0.25) is 24.7 Å². The maximum absolute atomic E-state index is 13.0. The fraction of sp³-hybridized carbons (Fsp3) is 0.273. The van der Waals surface area contributed by atoms with Crippen LogP contribution in [0, 0.1) is 0 Å². The monoisotopic (exact) mass is 562 g/mol. The minimum Gasteiger partial charge on any atom is -0.497 e. The molecule has 2 N–H and O–H groups in total. The van der Waals surface area contributed by atoms with Crippen molar-refractivity contribution in [3.63, 3.8) is 0 Å². The molecule has 0 spiro atoms. The topological polar surface area (TPSA) is 100 Å². The molecule has 0 bridgehead atoms. The van der Waals surface area contributed by atoms with E-state index >= 15 is 0 Å². The van der Waals surface area contributed by atoms with Crippen LogP contribution < -0.4 is 20.2 Å². The predicted molar refractivity (Wildman–Crippen MR) is 142 cm³/mol. The van der Waals surface area contributed by atoms with Gasteiger partial charge in [-0.05, 0) is 49.5 Å². The molecular formula is C22H25Cl3N4O5S. The van der Waals surface area contributed by atoms with E-state index in [1.807, 2.05) is 0 Å². The largest absolute Gasteiger partial charge is 0.497 e. The number of amides is 3. The van der Waals surface area contributed by atoms with Crippen molar-refractivity contribution in [2.45, 2.75) is 19.4 Å². The number of thiocarbonyl (C=S) groups is 1. The predicted octanol–water partition coefficient (Wildman–Crippen LogP) is 3.69. The second-order valence-electron chi connectivity index (χ2n) is 7.06. The molecule has 9 nitrogen and oxygen atoms in total. The first-order valence-corrected chi connectivity index (χ1v) is 10.8. The summed E-state index contributed by atoms with van der Waals surface area (Å²) in [5, 5.41) is 4.51. The van der Waals surface area contributed by atoms with E-state index in [9.17, 15) is 14.4 Å². The molecule has 3 amide bonds. The number of likely N-dealkylation sites (N-methyl/N-ethyl adjacent to an activating group) is 1. The zero-order chi connectivity index (χ0) is 24.1. The van der Waals surface area contributed by atoms with E-state index in [1.165, 1.54) is 36.3 Å². The van der Waals surface area contributed by atoms with Crippen LogP contribution in [0.25, 0.3) is 0 Å². The number of carbonyl (C=O) groups is 3. The first-order valence-electron chi connectivity index (χ1n) is 10.0. The summed E-state index contributed by atoms with van der Waals surface area (Å²) in [6.07, 6.45) is -0.232. The molecule has 1 atom stereocenters. The van der Waals surface area contributed by atoms with Crippen LogP contribution in [0.4, 0.5) is 5.69 Å². The van der Waals surface area contributed by atoms with Crippen molar-refractivity contribution in [3.8, 4) is 11.5 Å². The zero-order valence-corrected chi connectivity index (χ0v) is 22.3. The Hall–Kier alpha value is -2.79. The molecular weight excluding hydrogens is 539 g/mol. The molecule has 0 radical (unpaired) electrons. The van der Waals surface area contributed by atoms with Crippen molar-refractivity contribution in [3.05, 3.63) is 53.1 Å². The summed E-state index contributed by atoms with van der Waals surface area (Å²) in [4.78, 5) is 39.9. The van der Waals surface area contributed by atoms with Crippen molar-refractivity contribution in [2.75, 3.05) is 26.1 Å². The number of ether oxygens (including phenoxy) is 2. The van der Waals surface area contributed by atoms with Crippen LogP contribution in [0.15, 0.2) is 42.5 Å². The number of carbonyl (C=O) groups excluding carboxylic acids is 3. The lowest BCUT2D eigenvalue weighted by Crippen LogP contribution is -2.49. The highest BCUT2D eigenvalue weighted by Crippen LogP contribution is 2.24. The summed E-state index contributed by atoms with van der Waals surface area (Å²) < 4.78 is 10.4. The molecule has 13 heteroatoms. The van der Waals surface area contributed by atoms with E-state index in [4.69, 9.17) is 33.3 Å². The Morgan fingerprint density at radius 2 is 1.71 bits per heavy atom. The number of hydrazine groups is 1. The van der Waals surface area contributed by atoms with Gasteiger partial charge in [-0.15, -0.1) is 24.8 Å². The molecule has 1 unspecified atom stereocenters. The third-order valence-electron chi connectivity index (χ3n) is 4.94. The van der Waals surface area contributed by atoms with Gasteiger partial charge in [0.25, 0.3) is 11.8 Å². The molecule has 0 aliphatic carbocycles. The summed E-state index contributed by atoms with van der Waals surface area (Å²) >= 11 is 11.4. The van der Waals surface area contributed by atoms with E-state index in [0.29, 0.717) is 28.8 Å². The summed E-state index contributed by atoms with van der Waals surface area (Å²) in [7, 11) is 2.94. The van der Waals surface area contributed by atoms with E-state index in [-0.39, 0.29) is 47.8 Å². The van der Waals surface area contributed by atoms with Crippen LogP contribution in [0.2, 0.25) is 5.02 Å². The van der Waals surface area contributed by atoms with Crippen LogP contribution >= 0.6 is 48.6 Å². The van der Waals surface area contributed by atoms with Crippen LogP contribution in [-0.2, 0) is 9.59 Å². The van der Waals surface area contributed by atoms with Gasteiger partial charge in [-0.2, -0.15) is 0 Å². The van der Waals surface area contributed by atoms with Gasteiger partial charge >= 0.3 is 0 Å². The van der Waals surface area contributed by atoms with E-state index in [1.54, 1.807) is 37.3 Å². The smallest absolute Gasteiger partial charge is 0.270 e. The van der Waals surface area contributed by atoms with Gasteiger partial charge < -0.3 is 14.8 Å². The Kier molecular flexibility index (Phi) is 11.5. The summed E-state index contributed by atoms with van der Waals surface area (Å²) in [5.74, 6) is -0.508. The van der Waals surface area contributed by atoms with Gasteiger partial charge in [0.2, 0.25) is 5.91 Å². The Bertz CT molecular complexity index is 1080. The molecule has 1 aliphatic rings. The maximum atomic E-state index is 13.0. The minimum absolute atomic E-state index is 0. The first kappa shape index (κ1) is 30.2. The number of nitrogens with zero attached hydrogens (tertiary/aromatic N) is 2. The number of hydrogen-bond donors (Lipinski definition) is 2. The molecule has 190 valence electrons. The highest BCUT2D eigenvalue weighted by atomic mass is 35.5. The quantitative estimate of drug-likeness (QED) is 0.473. The third-order valence-corrected chi connectivity index (χ3v) is 5.59. The summed E-state index contributed by atoms with van der Waals surface area (Å²) in [6.45, 7) is 2.05. The Morgan fingerprint density at radius 3 is 2.26 bits per heavy atom. The van der Waals surface area contributed by atoms with Gasteiger partial charge in [-0.1, -0.05) is 17.7 Å². The van der Waals surface area contributed by atoms with E-state index in [2.05, 4.69) is 10.7 Å². The standard InChI is InChI=1S/C22H23ClN4O5S.2ClH/c1-4-26-21(30)18(12-19(28)24-15-7-5-6-14(23)10-15)27(22(26)33)25-20(29)13-8-16(31-2)11-17(9-13)32-3;;/h5-11,18H,4,12H2,1-3H3,(H,24,28)(H,25,29);2*1H. The number of rotatable bonds is 8. The second kappa shape index (κ2) is 13.3. The van der Waals surface area contributed by atoms with Crippen molar-refractivity contribution >= 4 is 77.2 Å². The average molecular weight is 564 g/mol. The number of anilines is 1. The highest BCUT2D eigenvalue weighted by Gasteiger charge is 2.44. The third kappa shape index (κ3) is 7.11. The van der Waals surface area contributed by atoms with E-state index < -0.39 is 17.9 Å². The fourth-order valence-electron chi connectivity index (χ4n) is 3.31. The normalized spacial score (nSPS) is 14.6. The van der Waals surface area contributed by atoms with Crippen LogP contribution in [0.1, 0.15) is 23.7 Å². The van der Waals surface area contributed by atoms with Gasteiger partial charge in [0, 0.05) is 28.9 Å². The summed E-state index contributed by atoms with van der Waals surface area (Å²) in [6, 6.07) is 10.3. The zero-order valence-electron chi connectivity index (χ0n) is 19.1. The molecule has 1 saturated heterocycles. The Balaban J connectivity index is 0.00000306. The number of benzene rings is 2. The Morgan fingerprint density at radius 1 is 1.09 bits per heavy atom. The Labute approximate surface area is 225 Å². The van der Waals surface area contributed by atoms with Crippen LogP contribution in [-0.4, -0.2) is 59.5 Å². The molecule has 0 aromatic heterocycles. The number of nitrogens with one attached hydrogen (secondary N) is 2. The SMILES string of the molecule is CCN1C(=O)C(CC(=O)Nc2cccc(Cl)c2)N(NC(=O)c2cc(OC)cc(OC)c2)C1=S.Cl.Cl. The molecule has 1 heterocycles. The molecule has 2 aromatic carbocycles. The van der Waals surface area contributed by atoms with Crippen molar-refractivity contribution < 1.29 is 23.9 Å². The lowest BCUT2D eigenvalue weighted by Gasteiger charge is -2.24. The van der Waals surface area contributed by atoms with Crippen LogP contribution in [0.5, 0.6) is 11.5 Å². The highest BCUT2D eigenvalue weighted by molar-refractivity contribution is 7.80. The molecule has 3 rings (SSSR count). The van der Waals surface area contributed by atoms with Crippen molar-refractivity contribution in [1.82, 2.24) is 15.3 Å². The number of hydrogen-bond acceptors (Lipinski definition) is 6. The maximum Gasteiger partial charge on any atom is 0.270 e. The molecule has 2 aromatic rings. The fourth-order valence-corrected chi connectivity index (χ4v) is 3.89. The molecule has 1 fully saturated rings. The number of halogens is 3. The average Bonchev–Trinajstić information content (AvgIpc) is 3.01. The van der Waals surface area contributed by atoms with Crippen LogP contribution in [0.3, 0.4) is 0 Å². The van der Waals surface area contributed by atoms with Gasteiger partial charge in [0.1, 0.15) is 17.5 Å². The molecule has 35 heavy (non-hydrogen) atoms. The number of methoxy groups -OCH3 is 2. The van der Waals surface area contributed by atoms with Gasteiger partial charge in [0.05, 0.1) is 20.6 Å². The second-order valence-corrected chi connectivity index (χ2v) is 7.86. The minimum atomic E-state index is -1.01. The summed E-state index contributed by atoms with van der Waals surface area (Å²) in [5.41, 5.74) is 3.38. The lowest BCUT2D eigenvalue weighted by molar-refractivity contribution is -0.130. The lowest BCUT2D eigenvalue weighted by atomic mass is 10.1. The van der Waals surface area contributed by atoms with Gasteiger partial charge in [0.15, 0.2) is 5.11 Å². The van der Waals surface area contributed by atoms with E-state index in [0.717, 1.165) is 0 Å². The molecule has 0 saturated carbocycles. The van der Waals surface area contributed by atoms with Crippen molar-refractivity contribution in [1.29, 1.82) is 0 Å².